The molecule has 1 N–H and O–H groups in total. The lowest BCUT2D eigenvalue weighted by Gasteiger charge is -2.20. The van der Waals surface area contributed by atoms with Crippen LogP contribution in [0.2, 0.25) is 0 Å². The predicted octanol–water partition coefficient (Wildman–Crippen LogP) is 0.768. The molecule has 0 bridgehead atoms. The molecule has 1 heterocycles. The Labute approximate surface area is 124 Å². The zero-order chi connectivity index (χ0) is 15.1. The van der Waals surface area contributed by atoms with Crippen LogP contribution in [0.25, 0.3) is 0 Å². The van der Waals surface area contributed by atoms with Crippen LogP contribution >= 0.6 is 0 Å². The molecule has 1 aromatic carbocycles. The summed E-state index contributed by atoms with van der Waals surface area (Å²) in [5, 5.41) is 12.2. The van der Waals surface area contributed by atoms with Gasteiger partial charge in [0.25, 0.3) is 5.91 Å². The molecule has 0 radical (unpaired) electrons. The molecule has 2 rings (SSSR count). The summed E-state index contributed by atoms with van der Waals surface area (Å²) in [6, 6.07) is 6.92. The number of carbonyl (C=O) groups excluding carboxylic acids is 1. The van der Waals surface area contributed by atoms with Gasteiger partial charge in [0, 0.05) is 25.7 Å². The Bertz CT molecular complexity index is 531. The average Bonchev–Trinajstić information content (AvgIpc) is 2.81. The first-order chi connectivity index (χ1) is 10.2. The Morgan fingerprint density at radius 1 is 1.33 bits per heavy atom. The van der Waals surface area contributed by atoms with E-state index in [0.29, 0.717) is 23.6 Å². The van der Waals surface area contributed by atoms with Crippen LogP contribution in [0.4, 0.5) is 0 Å². The topological polar surface area (TPSA) is 74.6 Å². The quantitative estimate of drug-likeness (QED) is 0.886. The van der Waals surface area contributed by atoms with Crippen LogP contribution in [-0.2, 0) is 4.79 Å². The molecule has 0 unspecified atom stereocenters. The maximum Gasteiger partial charge on any atom is 0.260 e. The predicted molar refractivity (Wildman–Crippen MR) is 77.3 cm³/mol. The van der Waals surface area contributed by atoms with Crippen molar-refractivity contribution < 1.29 is 14.3 Å². The highest BCUT2D eigenvalue weighted by molar-refractivity contribution is 5.77. The second-order valence-corrected chi connectivity index (χ2v) is 4.78. The zero-order valence-corrected chi connectivity index (χ0v) is 12.1. The number of nitrogens with one attached hydrogen (secondary N) is 1. The largest absolute Gasteiger partial charge is 0.497 e. The van der Waals surface area contributed by atoms with Gasteiger partial charge in [0.15, 0.2) is 6.61 Å². The smallest absolute Gasteiger partial charge is 0.260 e. The summed E-state index contributed by atoms with van der Waals surface area (Å²) in [7, 11) is 1.52. The summed E-state index contributed by atoms with van der Waals surface area (Å²) < 4.78 is 10.6. The highest BCUT2D eigenvalue weighted by Crippen LogP contribution is 2.22. The number of methoxy groups -OCH3 is 1. The molecule has 0 aromatic heterocycles. The van der Waals surface area contributed by atoms with Gasteiger partial charge in [0.2, 0.25) is 0 Å². The van der Waals surface area contributed by atoms with Crippen molar-refractivity contribution in [2.24, 2.45) is 0 Å². The molecule has 0 spiro atoms. The first kappa shape index (κ1) is 15.1. The van der Waals surface area contributed by atoms with Gasteiger partial charge >= 0.3 is 0 Å². The number of benzene rings is 1. The lowest BCUT2D eigenvalue weighted by molar-refractivity contribution is -0.133. The van der Waals surface area contributed by atoms with Crippen LogP contribution < -0.4 is 14.8 Å². The second kappa shape index (κ2) is 7.50. The lowest BCUT2D eigenvalue weighted by Crippen LogP contribution is -2.37. The van der Waals surface area contributed by atoms with E-state index in [9.17, 15) is 4.79 Å². The van der Waals surface area contributed by atoms with E-state index in [1.54, 1.807) is 23.1 Å². The maximum atomic E-state index is 12.1. The van der Waals surface area contributed by atoms with Gasteiger partial charge in [-0.25, -0.2) is 0 Å². The fourth-order valence-electron chi connectivity index (χ4n) is 2.17. The van der Waals surface area contributed by atoms with Gasteiger partial charge in [-0.15, -0.1) is 0 Å². The Morgan fingerprint density at radius 3 is 2.90 bits per heavy atom. The molecule has 6 heteroatoms. The van der Waals surface area contributed by atoms with Crippen molar-refractivity contribution in [2.75, 3.05) is 39.9 Å². The summed E-state index contributed by atoms with van der Waals surface area (Å²) in [6.45, 7) is 3.16. The van der Waals surface area contributed by atoms with Gasteiger partial charge < -0.3 is 19.7 Å². The van der Waals surface area contributed by atoms with E-state index in [2.05, 4.69) is 5.32 Å². The average molecular weight is 289 g/mol. The molecule has 1 aliphatic rings. The maximum absolute atomic E-state index is 12.1. The first-order valence-corrected chi connectivity index (χ1v) is 6.93. The van der Waals surface area contributed by atoms with E-state index in [4.69, 9.17) is 14.7 Å². The molecular formula is C15H19N3O3. The number of nitrogens with zero attached hydrogens (tertiary/aromatic N) is 2. The van der Waals surface area contributed by atoms with Crippen molar-refractivity contribution in [3.8, 4) is 17.6 Å². The zero-order valence-electron chi connectivity index (χ0n) is 12.1. The molecule has 0 saturated carbocycles. The Kier molecular flexibility index (Phi) is 5.41. The van der Waals surface area contributed by atoms with Crippen LogP contribution in [0.5, 0.6) is 11.5 Å². The van der Waals surface area contributed by atoms with Gasteiger partial charge in [-0.3, -0.25) is 4.79 Å². The molecule has 1 saturated heterocycles. The van der Waals surface area contributed by atoms with Crippen molar-refractivity contribution in [1.82, 2.24) is 10.2 Å². The van der Waals surface area contributed by atoms with Gasteiger partial charge in [0.1, 0.15) is 11.5 Å². The van der Waals surface area contributed by atoms with Crippen molar-refractivity contribution in [3.63, 3.8) is 0 Å². The SMILES string of the molecule is COc1cc(C#N)cc(OCC(=O)N2CCCNCC2)c1. The Hall–Kier alpha value is -2.26. The van der Waals surface area contributed by atoms with Crippen LogP contribution in [0, 0.1) is 11.3 Å². The van der Waals surface area contributed by atoms with Gasteiger partial charge in [-0.2, -0.15) is 5.26 Å². The summed E-state index contributed by atoms with van der Waals surface area (Å²) in [6.07, 6.45) is 0.948. The van der Waals surface area contributed by atoms with Gasteiger partial charge in [-0.1, -0.05) is 0 Å². The number of carbonyl (C=O) groups is 1. The summed E-state index contributed by atoms with van der Waals surface area (Å²) in [4.78, 5) is 13.9. The number of hydrogen-bond donors (Lipinski definition) is 1. The second-order valence-electron chi connectivity index (χ2n) is 4.78. The molecule has 6 nitrogen and oxygen atoms in total. The molecule has 1 amide bonds. The number of amides is 1. The molecule has 1 fully saturated rings. The normalized spacial score (nSPS) is 15.0. The minimum atomic E-state index is -0.0416. The fourth-order valence-corrected chi connectivity index (χ4v) is 2.17. The molecule has 1 aromatic rings. The summed E-state index contributed by atoms with van der Waals surface area (Å²) in [5.74, 6) is 0.961. The lowest BCUT2D eigenvalue weighted by atomic mass is 10.2. The van der Waals surface area contributed by atoms with E-state index >= 15 is 0 Å². The van der Waals surface area contributed by atoms with E-state index in [1.807, 2.05) is 6.07 Å². The minimum absolute atomic E-state index is 0.0297. The summed E-state index contributed by atoms with van der Waals surface area (Å²) >= 11 is 0. The standard InChI is InChI=1S/C15H19N3O3/c1-20-13-7-12(10-16)8-14(9-13)21-11-15(19)18-5-2-3-17-4-6-18/h7-9,17H,2-6,11H2,1H3. The molecule has 21 heavy (non-hydrogen) atoms. The van der Waals surface area contributed by atoms with Crippen molar-refractivity contribution in [2.45, 2.75) is 6.42 Å². The van der Waals surface area contributed by atoms with Crippen LogP contribution in [0.15, 0.2) is 18.2 Å². The fraction of sp³-hybridized carbons (Fsp3) is 0.467. The Morgan fingerprint density at radius 2 is 2.14 bits per heavy atom. The molecule has 1 aliphatic heterocycles. The van der Waals surface area contributed by atoms with E-state index in [1.165, 1.54) is 7.11 Å². The third kappa shape index (κ3) is 4.36. The number of rotatable bonds is 4. The third-order valence-electron chi connectivity index (χ3n) is 3.30. The first-order valence-electron chi connectivity index (χ1n) is 6.93. The highest BCUT2D eigenvalue weighted by atomic mass is 16.5. The minimum Gasteiger partial charge on any atom is -0.497 e. The van der Waals surface area contributed by atoms with Crippen LogP contribution in [-0.4, -0.2) is 50.7 Å². The van der Waals surface area contributed by atoms with Gasteiger partial charge in [-0.05, 0) is 25.1 Å². The highest BCUT2D eigenvalue weighted by Gasteiger charge is 2.16. The van der Waals surface area contributed by atoms with E-state index < -0.39 is 0 Å². The van der Waals surface area contributed by atoms with Crippen molar-refractivity contribution in [1.29, 1.82) is 5.26 Å². The molecule has 0 aliphatic carbocycles. The summed E-state index contributed by atoms with van der Waals surface area (Å²) in [5.41, 5.74) is 0.441. The number of nitriles is 1. The molecular weight excluding hydrogens is 270 g/mol. The Balaban J connectivity index is 1.95. The van der Waals surface area contributed by atoms with Crippen LogP contribution in [0.3, 0.4) is 0 Å². The number of ether oxygens (including phenoxy) is 2. The van der Waals surface area contributed by atoms with Crippen LogP contribution in [0.1, 0.15) is 12.0 Å². The van der Waals surface area contributed by atoms with Gasteiger partial charge in [0.05, 0.1) is 18.7 Å². The number of hydrogen-bond acceptors (Lipinski definition) is 5. The molecule has 0 atom stereocenters. The monoisotopic (exact) mass is 289 g/mol. The van der Waals surface area contributed by atoms with Crippen molar-refractivity contribution >= 4 is 5.91 Å². The molecule has 112 valence electrons. The van der Waals surface area contributed by atoms with E-state index in [-0.39, 0.29) is 12.5 Å². The third-order valence-corrected chi connectivity index (χ3v) is 3.30. The van der Waals surface area contributed by atoms with E-state index in [0.717, 1.165) is 26.1 Å². The van der Waals surface area contributed by atoms with Crippen molar-refractivity contribution in [3.05, 3.63) is 23.8 Å².